The van der Waals surface area contributed by atoms with E-state index in [1.165, 1.54) is 18.4 Å². The Balaban J connectivity index is 1.49. The van der Waals surface area contributed by atoms with E-state index in [-0.39, 0.29) is 22.6 Å². The molecule has 5 rings (SSSR count). The van der Waals surface area contributed by atoms with Crippen LogP contribution in [0.4, 0.5) is 0 Å². The molecule has 3 aromatic carbocycles. The summed E-state index contributed by atoms with van der Waals surface area (Å²) in [5.41, 5.74) is 1.82. The van der Waals surface area contributed by atoms with Crippen molar-refractivity contribution in [2.45, 2.75) is 12.2 Å². The topological polar surface area (TPSA) is 94.8 Å². The number of imide groups is 1. The fourth-order valence-electron chi connectivity index (χ4n) is 3.84. The first-order valence-corrected chi connectivity index (χ1v) is 10.6. The van der Waals surface area contributed by atoms with Gasteiger partial charge in [-0.3, -0.25) is 14.9 Å². The van der Waals surface area contributed by atoms with Crippen molar-refractivity contribution in [2.75, 3.05) is 0 Å². The number of benzene rings is 3. The lowest BCUT2D eigenvalue weighted by Gasteiger charge is -2.23. The first-order valence-electron chi connectivity index (χ1n) is 10.6. The lowest BCUT2D eigenvalue weighted by Crippen LogP contribution is -2.24. The van der Waals surface area contributed by atoms with E-state index in [4.69, 9.17) is 13.9 Å². The van der Waals surface area contributed by atoms with E-state index in [1.54, 1.807) is 18.2 Å². The Kier molecular flexibility index (Phi) is 5.66. The summed E-state index contributed by atoms with van der Waals surface area (Å²) < 4.78 is 17.4. The number of carbonyl (C=O) groups excluding carboxylic acids is 3. The molecule has 34 heavy (non-hydrogen) atoms. The van der Waals surface area contributed by atoms with Gasteiger partial charge in [0.2, 0.25) is 0 Å². The van der Waals surface area contributed by atoms with Gasteiger partial charge < -0.3 is 13.9 Å². The summed E-state index contributed by atoms with van der Waals surface area (Å²) in [6, 6.07) is 26.5. The van der Waals surface area contributed by atoms with Crippen LogP contribution in [0.2, 0.25) is 0 Å². The molecule has 1 atom stereocenters. The highest BCUT2D eigenvalue weighted by Gasteiger charge is 2.35. The molecule has 4 aromatic rings. The van der Waals surface area contributed by atoms with E-state index < -0.39 is 30.0 Å². The van der Waals surface area contributed by atoms with Crippen molar-refractivity contribution >= 4 is 17.8 Å². The average molecular weight is 453 g/mol. The lowest BCUT2D eigenvalue weighted by molar-refractivity contribution is -0.157. The second kappa shape index (κ2) is 9.07. The zero-order valence-corrected chi connectivity index (χ0v) is 17.8. The molecule has 0 fully saturated rings. The summed E-state index contributed by atoms with van der Waals surface area (Å²) >= 11 is 0. The van der Waals surface area contributed by atoms with Crippen LogP contribution >= 0.6 is 0 Å². The molecule has 1 aromatic heterocycles. The highest BCUT2D eigenvalue weighted by molar-refractivity contribution is 6.22. The van der Waals surface area contributed by atoms with Crippen LogP contribution in [0.15, 0.2) is 102 Å². The average Bonchev–Trinajstić information content (AvgIpc) is 3.50. The predicted octanol–water partition coefficient (Wildman–Crippen LogP) is 4.62. The smallest absolute Gasteiger partial charge is 0.356 e. The van der Waals surface area contributed by atoms with Crippen LogP contribution in [-0.4, -0.2) is 17.8 Å². The van der Waals surface area contributed by atoms with Gasteiger partial charge in [-0.1, -0.05) is 66.7 Å². The zero-order valence-electron chi connectivity index (χ0n) is 17.8. The number of hydrogen-bond acceptors (Lipinski definition) is 6. The van der Waals surface area contributed by atoms with Gasteiger partial charge in [0.15, 0.2) is 11.9 Å². The van der Waals surface area contributed by atoms with Crippen LogP contribution in [0.1, 0.15) is 49.8 Å². The number of nitrogens with one attached hydrogen (secondary N) is 1. The second-order valence-electron chi connectivity index (χ2n) is 7.61. The number of carbonyl (C=O) groups is 3. The van der Waals surface area contributed by atoms with Crippen molar-refractivity contribution in [3.05, 3.63) is 125 Å². The maximum Gasteiger partial charge on any atom is 0.356 e. The maximum absolute atomic E-state index is 13.5. The minimum absolute atomic E-state index is 0.0690. The lowest BCUT2D eigenvalue weighted by atomic mass is 10.0. The van der Waals surface area contributed by atoms with E-state index in [0.717, 1.165) is 11.1 Å². The third-order valence-electron chi connectivity index (χ3n) is 5.42. The largest absolute Gasteiger partial charge is 0.470 e. The third kappa shape index (κ3) is 4.06. The van der Waals surface area contributed by atoms with E-state index in [0.29, 0.717) is 0 Å². The van der Waals surface area contributed by atoms with Crippen molar-refractivity contribution in [1.82, 2.24) is 5.32 Å². The molecule has 7 heteroatoms. The van der Waals surface area contributed by atoms with Gasteiger partial charge in [0, 0.05) is 0 Å². The number of esters is 1. The van der Waals surface area contributed by atoms with Gasteiger partial charge in [-0.15, -0.1) is 0 Å². The van der Waals surface area contributed by atoms with Crippen LogP contribution < -0.4 is 10.1 Å². The molecule has 0 radical (unpaired) electrons. The van der Waals surface area contributed by atoms with Crippen LogP contribution in [0.25, 0.3) is 0 Å². The summed E-state index contributed by atoms with van der Waals surface area (Å²) in [4.78, 5) is 37.8. The molecule has 0 saturated heterocycles. The van der Waals surface area contributed by atoms with Crippen molar-refractivity contribution in [2.24, 2.45) is 0 Å². The van der Waals surface area contributed by atoms with Gasteiger partial charge >= 0.3 is 5.97 Å². The van der Waals surface area contributed by atoms with Gasteiger partial charge in [-0.25, -0.2) is 4.79 Å². The minimum atomic E-state index is -1.31. The molecule has 7 nitrogen and oxygen atoms in total. The van der Waals surface area contributed by atoms with E-state index >= 15 is 0 Å². The number of rotatable bonds is 7. The normalized spacial score (nSPS) is 13.3. The van der Waals surface area contributed by atoms with E-state index in [9.17, 15) is 14.4 Å². The Morgan fingerprint density at radius 3 is 2.06 bits per heavy atom. The van der Waals surface area contributed by atoms with Gasteiger partial charge in [0.05, 0.1) is 17.4 Å². The summed E-state index contributed by atoms with van der Waals surface area (Å²) in [7, 11) is 0. The number of amides is 2. The van der Waals surface area contributed by atoms with E-state index in [2.05, 4.69) is 5.32 Å². The SMILES string of the molecule is O=C1NC(=O)c2c(O[C@@H](C(=O)OC(c3ccccc3)c3ccccc3)c3ccco3)cccc21. The molecule has 1 N–H and O–H groups in total. The van der Waals surface area contributed by atoms with Gasteiger partial charge in [0.1, 0.15) is 5.75 Å². The molecule has 1 aliphatic heterocycles. The fourth-order valence-corrected chi connectivity index (χ4v) is 3.84. The van der Waals surface area contributed by atoms with Gasteiger partial charge in [-0.2, -0.15) is 0 Å². The minimum Gasteiger partial charge on any atom is -0.470 e. The van der Waals surface area contributed by atoms with E-state index in [1.807, 2.05) is 60.7 Å². The number of furan rings is 1. The molecule has 0 aliphatic carbocycles. The van der Waals surface area contributed by atoms with Gasteiger partial charge in [0.25, 0.3) is 17.9 Å². The second-order valence-corrected chi connectivity index (χ2v) is 7.61. The van der Waals surface area contributed by atoms with Crippen LogP contribution in [0.5, 0.6) is 5.75 Å². The zero-order chi connectivity index (χ0) is 23.5. The Labute approximate surface area is 194 Å². The summed E-state index contributed by atoms with van der Waals surface area (Å²) in [6.45, 7) is 0. The molecule has 0 bridgehead atoms. The summed E-state index contributed by atoms with van der Waals surface area (Å²) in [5, 5.41) is 2.24. The Morgan fingerprint density at radius 2 is 1.44 bits per heavy atom. The molecule has 1 aliphatic rings. The van der Waals surface area contributed by atoms with Crippen LogP contribution in [0, 0.1) is 0 Å². The first-order chi connectivity index (χ1) is 16.6. The molecule has 168 valence electrons. The monoisotopic (exact) mass is 453 g/mol. The summed E-state index contributed by atoms with van der Waals surface area (Å²) in [5.74, 6) is -1.54. The van der Waals surface area contributed by atoms with Crippen molar-refractivity contribution in [1.29, 1.82) is 0 Å². The fraction of sp³-hybridized carbons (Fsp3) is 0.0741. The molecular weight excluding hydrogens is 434 g/mol. The number of hydrogen-bond donors (Lipinski definition) is 1. The van der Waals surface area contributed by atoms with Crippen molar-refractivity contribution < 1.29 is 28.3 Å². The summed E-state index contributed by atoms with van der Waals surface area (Å²) in [6.07, 6.45) is -0.585. The maximum atomic E-state index is 13.5. The molecule has 0 spiro atoms. The van der Waals surface area contributed by atoms with Crippen LogP contribution in [0.3, 0.4) is 0 Å². The highest BCUT2D eigenvalue weighted by Crippen LogP contribution is 2.33. The van der Waals surface area contributed by atoms with Crippen molar-refractivity contribution in [3.8, 4) is 5.75 Å². The highest BCUT2D eigenvalue weighted by atomic mass is 16.6. The standard InChI is InChI=1S/C27H19NO6/c29-25-19-13-7-14-20(22(19)26(30)28-25)33-24(21-15-8-16-32-21)27(31)34-23(17-9-3-1-4-10-17)18-11-5-2-6-12-18/h1-16,23-24H,(H,28,29,30)/t24-/m1/s1. The molecule has 2 heterocycles. The first kappa shape index (κ1) is 21.2. The van der Waals surface area contributed by atoms with Gasteiger partial charge in [-0.05, 0) is 35.4 Å². The molecule has 0 saturated carbocycles. The third-order valence-corrected chi connectivity index (χ3v) is 5.42. The Bertz CT molecular complexity index is 1290. The predicted molar refractivity (Wildman–Crippen MR) is 121 cm³/mol. The number of ether oxygens (including phenoxy) is 2. The molecular formula is C27H19NO6. The molecule has 2 amide bonds. The Hall–Kier alpha value is -4.65. The number of fused-ring (bicyclic) bond motifs is 1. The van der Waals surface area contributed by atoms with Crippen LogP contribution in [-0.2, 0) is 9.53 Å². The Morgan fingerprint density at radius 1 is 0.765 bits per heavy atom. The quantitative estimate of drug-likeness (QED) is 0.324. The van der Waals surface area contributed by atoms with Crippen molar-refractivity contribution in [3.63, 3.8) is 0 Å². The molecule has 0 unspecified atom stereocenters.